The molecular formula is C19H40O4. The molecule has 23 heavy (non-hydrogen) atoms. The van der Waals surface area contributed by atoms with Crippen LogP contribution in [0.4, 0.5) is 0 Å². The van der Waals surface area contributed by atoms with E-state index in [2.05, 4.69) is 27.7 Å². The molecular weight excluding hydrogens is 292 g/mol. The summed E-state index contributed by atoms with van der Waals surface area (Å²) in [5.74, 6) is 2.27. The van der Waals surface area contributed by atoms with Crippen LogP contribution >= 0.6 is 0 Å². The van der Waals surface area contributed by atoms with Crippen LogP contribution in [-0.4, -0.2) is 47.3 Å². The van der Waals surface area contributed by atoms with Crippen molar-refractivity contribution in [2.75, 3.05) is 19.8 Å². The second kappa shape index (κ2) is 14.2. The zero-order valence-corrected chi connectivity index (χ0v) is 15.7. The normalized spacial score (nSPS) is 17.2. The van der Waals surface area contributed by atoms with E-state index in [4.69, 9.17) is 9.84 Å². The molecule has 0 heterocycles. The maximum Gasteiger partial charge on any atom is 0.105 e. The summed E-state index contributed by atoms with van der Waals surface area (Å²) in [4.78, 5) is 0. The lowest BCUT2D eigenvalue weighted by Gasteiger charge is -2.17. The van der Waals surface area contributed by atoms with Gasteiger partial charge in [-0.15, -0.1) is 0 Å². The Morgan fingerprint density at radius 1 is 0.739 bits per heavy atom. The first-order valence-electron chi connectivity index (χ1n) is 9.41. The number of aliphatic hydroxyl groups is 3. The molecule has 0 spiro atoms. The zero-order chi connectivity index (χ0) is 17.7. The van der Waals surface area contributed by atoms with E-state index in [1.54, 1.807) is 0 Å². The van der Waals surface area contributed by atoms with Crippen molar-refractivity contribution >= 4 is 0 Å². The molecule has 0 bridgehead atoms. The third-order valence-corrected chi connectivity index (χ3v) is 4.55. The highest BCUT2D eigenvalue weighted by Gasteiger charge is 2.15. The lowest BCUT2D eigenvalue weighted by molar-refractivity contribution is -0.0580. The topological polar surface area (TPSA) is 69.9 Å². The second-order valence-electron chi connectivity index (χ2n) is 7.65. The molecule has 0 aromatic rings. The summed E-state index contributed by atoms with van der Waals surface area (Å²) in [5.41, 5.74) is 0. The maximum atomic E-state index is 9.46. The zero-order valence-electron chi connectivity index (χ0n) is 15.7. The molecule has 4 heteroatoms. The molecule has 0 aliphatic heterocycles. The van der Waals surface area contributed by atoms with Gasteiger partial charge in [-0.05, 0) is 24.2 Å². The largest absolute Gasteiger partial charge is 0.394 e. The molecule has 0 rings (SSSR count). The first-order chi connectivity index (χ1) is 10.9. The molecule has 0 aromatic carbocycles. The minimum atomic E-state index is -1.11. The van der Waals surface area contributed by atoms with Crippen LogP contribution in [0, 0.1) is 17.8 Å². The van der Waals surface area contributed by atoms with Gasteiger partial charge in [0, 0.05) is 6.61 Å². The van der Waals surface area contributed by atoms with E-state index in [-0.39, 0.29) is 6.61 Å². The van der Waals surface area contributed by atoms with Crippen molar-refractivity contribution < 1.29 is 20.1 Å². The quantitative estimate of drug-likeness (QED) is 0.402. The minimum absolute atomic E-state index is 0.0847. The number of hydrogen-bond donors (Lipinski definition) is 3. The lowest BCUT2D eigenvalue weighted by Crippen LogP contribution is -2.33. The molecule has 140 valence electrons. The summed E-state index contributed by atoms with van der Waals surface area (Å²) in [5, 5.41) is 27.4. The van der Waals surface area contributed by atoms with Crippen LogP contribution in [-0.2, 0) is 4.74 Å². The van der Waals surface area contributed by atoms with Crippen LogP contribution < -0.4 is 0 Å². The Labute approximate surface area is 143 Å². The third kappa shape index (κ3) is 13.9. The fourth-order valence-electron chi connectivity index (χ4n) is 2.70. The average molecular weight is 333 g/mol. The molecule has 3 N–H and O–H groups in total. The van der Waals surface area contributed by atoms with Gasteiger partial charge in [0.25, 0.3) is 0 Å². The van der Waals surface area contributed by atoms with Crippen molar-refractivity contribution in [2.45, 2.75) is 84.8 Å². The fraction of sp³-hybridized carbons (Fsp3) is 1.00. The Morgan fingerprint density at radius 3 is 1.78 bits per heavy atom. The van der Waals surface area contributed by atoms with Crippen molar-refractivity contribution in [1.29, 1.82) is 0 Å². The van der Waals surface area contributed by atoms with Gasteiger partial charge in [-0.3, -0.25) is 0 Å². The van der Waals surface area contributed by atoms with Crippen molar-refractivity contribution in [2.24, 2.45) is 17.8 Å². The first kappa shape index (κ1) is 22.8. The van der Waals surface area contributed by atoms with Crippen LogP contribution in [0.3, 0.4) is 0 Å². The standard InChI is InChI=1S/C19H40O4/c1-15(2)7-5-8-16(3)9-6-10-17(4)11-12-23-14-19(22)18(21)13-20/h15-22H,5-14H2,1-4H3. The predicted octanol–water partition coefficient (Wildman–Crippen LogP) is 3.38. The lowest BCUT2D eigenvalue weighted by atomic mass is 9.93. The van der Waals surface area contributed by atoms with Crippen molar-refractivity contribution in [3.63, 3.8) is 0 Å². The van der Waals surface area contributed by atoms with E-state index >= 15 is 0 Å². The highest BCUT2D eigenvalue weighted by Crippen LogP contribution is 2.20. The van der Waals surface area contributed by atoms with Gasteiger partial charge in [0.05, 0.1) is 13.2 Å². The predicted molar refractivity (Wildman–Crippen MR) is 95.4 cm³/mol. The summed E-state index contributed by atoms with van der Waals surface area (Å²) in [7, 11) is 0. The average Bonchev–Trinajstić information content (AvgIpc) is 2.50. The molecule has 0 aromatic heterocycles. The van der Waals surface area contributed by atoms with Gasteiger partial charge in [-0.1, -0.05) is 66.2 Å². The molecule has 0 amide bonds. The second-order valence-corrected chi connectivity index (χ2v) is 7.65. The monoisotopic (exact) mass is 332 g/mol. The van der Waals surface area contributed by atoms with Crippen LogP contribution in [0.1, 0.15) is 72.6 Å². The van der Waals surface area contributed by atoms with Crippen LogP contribution in [0.25, 0.3) is 0 Å². The van der Waals surface area contributed by atoms with E-state index in [0.29, 0.717) is 12.5 Å². The van der Waals surface area contributed by atoms with E-state index in [1.807, 2.05) is 0 Å². The number of rotatable bonds is 15. The SMILES string of the molecule is CC(C)CCCC(C)CCCC(C)CCOCC(O)C(O)CO. The molecule has 0 aliphatic rings. The van der Waals surface area contributed by atoms with E-state index < -0.39 is 18.8 Å². The first-order valence-corrected chi connectivity index (χ1v) is 9.41. The van der Waals surface area contributed by atoms with Crippen LogP contribution in [0.2, 0.25) is 0 Å². The Hall–Kier alpha value is -0.160. The molecule has 4 atom stereocenters. The van der Waals surface area contributed by atoms with Gasteiger partial charge in [0.1, 0.15) is 12.2 Å². The van der Waals surface area contributed by atoms with E-state index in [1.165, 1.54) is 38.5 Å². The van der Waals surface area contributed by atoms with Crippen LogP contribution in [0.15, 0.2) is 0 Å². The third-order valence-electron chi connectivity index (χ3n) is 4.55. The van der Waals surface area contributed by atoms with Gasteiger partial charge >= 0.3 is 0 Å². The van der Waals surface area contributed by atoms with Gasteiger partial charge < -0.3 is 20.1 Å². The summed E-state index contributed by atoms with van der Waals surface area (Å²) in [6, 6.07) is 0. The van der Waals surface area contributed by atoms with Crippen molar-refractivity contribution in [3.8, 4) is 0 Å². The highest BCUT2D eigenvalue weighted by molar-refractivity contribution is 4.65. The molecule has 0 saturated heterocycles. The molecule has 4 nitrogen and oxygen atoms in total. The number of ether oxygens (including phenoxy) is 1. The van der Waals surface area contributed by atoms with Gasteiger partial charge in [0.15, 0.2) is 0 Å². The fourth-order valence-corrected chi connectivity index (χ4v) is 2.70. The van der Waals surface area contributed by atoms with Crippen molar-refractivity contribution in [3.05, 3.63) is 0 Å². The Morgan fingerprint density at radius 2 is 1.26 bits per heavy atom. The summed E-state index contributed by atoms with van der Waals surface area (Å²) < 4.78 is 5.37. The van der Waals surface area contributed by atoms with E-state index in [9.17, 15) is 10.2 Å². The molecule has 4 unspecified atom stereocenters. The van der Waals surface area contributed by atoms with Gasteiger partial charge in [-0.2, -0.15) is 0 Å². The van der Waals surface area contributed by atoms with Crippen molar-refractivity contribution in [1.82, 2.24) is 0 Å². The number of hydrogen-bond acceptors (Lipinski definition) is 4. The van der Waals surface area contributed by atoms with Gasteiger partial charge in [-0.25, -0.2) is 0 Å². The smallest absolute Gasteiger partial charge is 0.105 e. The van der Waals surface area contributed by atoms with Crippen LogP contribution in [0.5, 0.6) is 0 Å². The number of aliphatic hydroxyl groups excluding tert-OH is 3. The Balaban J connectivity index is 3.51. The summed E-state index contributed by atoms with van der Waals surface area (Å²) in [6.45, 7) is 9.43. The molecule has 0 aliphatic carbocycles. The molecule has 0 fully saturated rings. The molecule has 0 radical (unpaired) electrons. The summed E-state index contributed by atoms with van der Waals surface area (Å²) in [6.07, 6.45) is 6.72. The Kier molecular flexibility index (Phi) is 14.1. The van der Waals surface area contributed by atoms with E-state index in [0.717, 1.165) is 18.3 Å². The maximum absolute atomic E-state index is 9.46. The Bertz CT molecular complexity index is 258. The van der Waals surface area contributed by atoms with Gasteiger partial charge in [0.2, 0.25) is 0 Å². The minimum Gasteiger partial charge on any atom is -0.394 e. The summed E-state index contributed by atoms with van der Waals surface area (Å²) >= 11 is 0. The highest BCUT2D eigenvalue weighted by atomic mass is 16.5. The molecule has 0 saturated carbocycles.